The molecule has 0 heterocycles. The van der Waals surface area contributed by atoms with Crippen molar-refractivity contribution in [3.8, 4) is 12.1 Å². The molecule has 3 aromatic rings. The van der Waals surface area contributed by atoms with Crippen LogP contribution in [0.3, 0.4) is 0 Å². The van der Waals surface area contributed by atoms with Crippen LogP contribution in [-0.2, 0) is 0 Å². The van der Waals surface area contributed by atoms with Gasteiger partial charge in [0.25, 0.3) is 5.91 Å². The zero-order valence-corrected chi connectivity index (χ0v) is 16.0. The fourth-order valence-electron chi connectivity index (χ4n) is 2.86. The highest BCUT2D eigenvalue weighted by atomic mass is 16.1. The minimum absolute atomic E-state index is 0.178. The predicted octanol–water partition coefficient (Wildman–Crippen LogP) is 5.71. The molecule has 6 nitrogen and oxygen atoms in total. The topological polar surface area (TPSA) is 101 Å². The molecule has 3 aromatic carbocycles. The number of carbonyl (C=O) groups excluding carboxylic acids is 1. The fourth-order valence-corrected chi connectivity index (χ4v) is 2.86. The lowest BCUT2D eigenvalue weighted by Gasteiger charge is -2.12. The smallest absolute Gasteiger partial charge is 0.255 e. The molecule has 0 aliphatic rings. The van der Waals surface area contributed by atoms with Gasteiger partial charge in [-0.25, -0.2) is 0 Å². The summed E-state index contributed by atoms with van der Waals surface area (Å²) in [6.07, 6.45) is 0. The number of hydrogen-bond acceptors (Lipinski definition) is 5. The molecule has 0 radical (unpaired) electrons. The number of nitrogens with one attached hydrogen (secondary N) is 1. The van der Waals surface area contributed by atoms with Crippen molar-refractivity contribution < 1.29 is 4.79 Å². The van der Waals surface area contributed by atoms with Crippen LogP contribution in [0.25, 0.3) is 0 Å². The summed E-state index contributed by atoms with van der Waals surface area (Å²) in [7, 11) is 0. The monoisotopic (exact) mass is 379 g/mol. The van der Waals surface area contributed by atoms with E-state index in [0.29, 0.717) is 22.5 Å². The van der Waals surface area contributed by atoms with Crippen LogP contribution in [0.4, 0.5) is 17.1 Å². The van der Waals surface area contributed by atoms with Crippen LogP contribution >= 0.6 is 0 Å². The van der Waals surface area contributed by atoms with Crippen LogP contribution < -0.4 is 5.32 Å². The highest BCUT2D eigenvalue weighted by Crippen LogP contribution is 2.29. The minimum atomic E-state index is -0.178. The van der Waals surface area contributed by atoms with Crippen molar-refractivity contribution in [2.45, 2.75) is 13.8 Å². The molecule has 0 aliphatic carbocycles. The third-order valence-electron chi connectivity index (χ3n) is 4.31. The van der Waals surface area contributed by atoms with Crippen LogP contribution in [0.15, 0.2) is 70.9 Å². The molecule has 1 amide bonds. The summed E-state index contributed by atoms with van der Waals surface area (Å²) < 4.78 is 0. The number of nitriles is 2. The van der Waals surface area contributed by atoms with Gasteiger partial charge >= 0.3 is 0 Å². The maximum absolute atomic E-state index is 12.4. The van der Waals surface area contributed by atoms with Crippen LogP contribution in [0.1, 0.15) is 32.6 Å². The molecule has 29 heavy (non-hydrogen) atoms. The van der Waals surface area contributed by atoms with Gasteiger partial charge in [-0.15, -0.1) is 5.11 Å². The zero-order valence-electron chi connectivity index (χ0n) is 16.0. The third-order valence-corrected chi connectivity index (χ3v) is 4.31. The van der Waals surface area contributed by atoms with E-state index in [1.54, 1.807) is 24.3 Å². The number of anilines is 1. The van der Waals surface area contributed by atoms with Crippen molar-refractivity contribution in [2.24, 2.45) is 10.2 Å². The number of rotatable bonds is 4. The minimum Gasteiger partial charge on any atom is -0.322 e. The summed E-state index contributed by atoms with van der Waals surface area (Å²) in [5, 5.41) is 29.5. The number of benzene rings is 3. The van der Waals surface area contributed by atoms with Gasteiger partial charge in [0.15, 0.2) is 0 Å². The van der Waals surface area contributed by atoms with Gasteiger partial charge in [-0.3, -0.25) is 4.79 Å². The number of aryl methyl sites for hydroxylation is 2. The molecular weight excluding hydrogens is 362 g/mol. The lowest BCUT2D eigenvalue weighted by Crippen LogP contribution is -2.13. The zero-order chi connectivity index (χ0) is 20.8. The van der Waals surface area contributed by atoms with Crippen LogP contribution in [0.5, 0.6) is 0 Å². The molecule has 0 saturated carbocycles. The third kappa shape index (κ3) is 4.52. The lowest BCUT2D eigenvalue weighted by molar-refractivity contribution is 0.102. The predicted molar refractivity (Wildman–Crippen MR) is 110 cm³/mol. The molecular formula is C23H17N5O. The largest absolute Gasteiger partial charge is 0.322 e. The number of carbonyl (C=O) groups is 1. The van der Waals surface area contributed by atoms with Gasteiger partial charge in [-0.1, -0.05) is 18.2 Å². The molecule has 6 heteroatoms. The van der Waals surface area contributed by atoms with E-state index in [2.05, 4.69) is 15.5 Å². The molecule has 0 fully saturated rings. The van der Waals surface area contributed by atoms with E-state index in [1.165, 1.54) is 6.07 Å². The highest BCUT2D eigenvalue weighted by molar-refractivity contribution is 6.05. The Morgan fingerprint density at radius 2 is 1.59 bits per heavy atom. The molecule has 0 saturated heterocycles. The summed E-state index contributed by atoms with van der Waals surface area (Å²) in [5.41, 5.74) is 4.69. The second-order valence-corrected chi connectivity index (χ2v) is 6.43. The summed E-state index contributed by atoms with van der Waals surface area (Å²) in [5.74, 6) is -0.178. The van der Waals surface area contributed by atoms with Crippen molar-refractivity contribution in [2.75, 3.05) is 5.32 Å². The first kappa shape index (κ1) is 19.5. The number of hydrogen-bond donors (Lipinski definition) is 1. The first-order chi connectivity index (χ1) is 14.0. The molecule has 140 valence electrons. The van der Waals surface area contributed by atoms with Gasteiger partial charge in [-0.2, -0.15) is 15.6 Å². The van der Waals surface area contributed by atoms with E-state index in [-0.39, 0.29) is 11.5 Å². The SMILES string of the molecule is Cc1cc(N=Nc2ccc(C#N)cc2C#N)cc(C)c1NC(=O)c1ccccc1. The standard InChI is InChI=1S/C23H17N5O/c1-15-10-20(27-28-21-9-8-17(13-24)12-19(21)14-25)11-16(2)22(15)26-23(29)18-6-4-3-5-7-18/h3-12H,1-2H3,(H,26,29). The van der Waals surface area contributed by atoms with Gasteiger partial charge in [0, 0.05) is 11.3 Å². The Bertz CT molecular complexity index is 1160. The number of azo groups is 1. The van der Waals surface area contributed by atoms with E-state index in [9.17, 15) is 10.1 Å². The molecule has 0 spiro atoms. The van der Waals surface area contributed by atoms with Crippen LogP contribution in [0.2, 0.25) is 0 Å². The van der Waals surface area contributed by atoms with E-state index in [4.69, 9.17) is 5.26 Å². The Morgan fingerprint density at radius 3 is 2.21 bits per heavy atom. The molecule has 3 rings (SSSR count). The van der Waals surface area contributed by atoms with Crippen molar-refractivity contribution in [3.63, 3.8) is 0 Å². The molecule has 0 atom stereocenters. The molecule has 1 N–H and O–H groups in total. The van der Waals surface area contributed by atoms with E-state index < -0.39 is 0 Å². The lowest BCUT2D eigenvalue weighted by atomic mass is 10.1. The van der Waals surface area contributed by atoms with Crippen molar-refractivity contribution in [3.05, 3.63) is 88.5 Å². The van der Waals surface area contributed by atoms with E-state index >= 15 is 0 Å². The Kier molecular flexibility index (Phi) is 5.77. The van der Waals surface area contributed by atoms with Crippen LogP contribution in [-0.4, -0.2) is 5.91 Å². The average molecular weight is 379 g/mol. The molecule has 0 aliphatic heterocycles. The van der Waals surface area contributed by atoms with Crippen molar-refractivity contribution >= 4 is 23.0 Å². The Labute approximate surface area is 168 Å². The Hall–Kier alpha value is -4.29. The van der Waals surface area contributed by atoms with Gasteiger partial charge in [0.1, 0.15) is 11.8 Å². The average Bonchev–Trinajstić information content (AvgIpc) is 2.75. The summed E-state index contributed by atoms with van der Waals surface area (Å²) >= 11 is 0. The first-order valence-corrected chi connectivity index (χ1v) is 8.85. The number of nitrogens with zero attached hydrogens (tertiary/aromatic N) is 4. The molecule has 0 aromatic heterocycles. The Morgan fingerprint density at radius 1 is 0.897 bits per heavy atom. The normalized spacial score (nSPS) is 10.3. The van der Waals surface area contributed by atoms with Crippen molar-refractivity contribution in [1.82, 2.24) is 0 Å². The maximum atomic E-state index is 12.4. The van der Waals surface area contributed by atoms with Crippen LogP contribution in [0, 0.1) is 36.5 Å². The summed E-state index contributed by atoms with van der Waals surface area (Å²) in [4.78, 5) is 12.4. The number of amides is 1. The summed E-state index contributed by atoms with van der Waals surface area (Å²) in [6, 6.07) is 21.3. The van der Waals surface area contributed by atoms with E-state index in [0.717, 1.165) is 16.8 Å². The molecule has 0 unspecified atom stereocenters. The van der Waals surface area contributed by atoms with Gasteiger partial charge in [0.05, 0.1) is 22.9 Å². The first-order valence-electron chi connectivity index (χ1n) is 8.85. The Balaban J connectivity index is 1.85. The fraction of sp³-hybridized carbons (Fsp3) is 0.0870. The van der Waals surface area contributed by atoms with Gasteiger partial charge < -0.3 is 5.32 Å². The van der Waals surface area contributed by atoms with E-state index in [1.807, 2.05) is 56.3 Å². The van der Waals surface area contributed by atoms with Gasteiger partial charge in [0.2, 0.25) is 0 Å². The van der Waals surface area contributed by atoms with Gasteiger partial charge in [-0.05, 0) is 67.4 Å². The second-order valence-electron chi connectivity index (χ2n) is 6.43. The second kappa shape index (κ2) is 8.60. The molecule has 0 bridgehead atoms. The highest BCUT2D eigenvalue weighted by Gasteiger charge is 2.11. The van der Waals surface area contributed by atoms with Crippen molar-refractivity contribution in [1.29, 1.82) is 10.5 Å². The quantitative estimate of drug-likeness (QED) is 0.587. The maximum Gasteiger partial charge on any atom is 0.255 e. The summed E-state index contributed by atoms with van der Waals surface area (Å²) in [6.45, 7) is 3.77.